The molecule has 26 heavy (non-hydrogen) atoms. The van der Waals surface area contributed by atoms with Crippen molar-refractivity contribution in [3.05, 3.63) is 70.8 Å². The molecule has 0 fully saturated rings. The molecular weight excluding hydrogens is 338 g/mol. The topological polar surface area (TPSA) is 41.6 Å². The molecule has 0 aliphatic rings. The largest absolute Gasteiger partial charge is 0.380 e. The van der Waals surface area contributed by atoms with Gasteiger partial charge in [-0.05, 0) is 43.3 Å². The van der Waals surface area contributed by atoms with E-state index in [1.54, 1.807) is 26.0 Å². The first-order chi connectivity index (χ1) is 12.4. The minimum Gasteiger partial charge on any atom is -0.380 e. The molecule has 1 N–H and O–H groups in total. The molecule has 1 amide bonds. The van der Waals surface area contributed by atoms with Gasteiger partial charge in [-0.2, -0.15) is 0 Å². The van der Waals surface area contributed by atoms with Crippen LogP contribution in [0.25, 0.3) is 0 Å². The molecule has 2 aromatic rings. The molecule has 0 saturated heterocycles. The van der Waals surface area contributed by atoms with Crippen molar-refractivity contribution in [2.75, 3.05) is 20.7 Å². The lowest BCUT2D eigenvalue weighted by atomic mass is 10.1. The highest BCUT2D eigenvalue weighted by atomic mass is 19.1. The summed E-state index contributed by atoms with van der Waals surface area (Å²) < 4.78 is 32.3. The van der Waals surface area contributed by atoms with Gasteiger partial charge in [0.05, 0.1) is 13.2 Å². The van der Waals surface area contributed by atoms with Crippen LogP contribution in [0.5, 0.6) is 0 Å². The van der Waals surface area contributed by atoms with Crippen LogP contribution in [0.1, 0.15) is 29.7 Å². The summed E-state index contributed by atoms with van der Waals surface area (Å²) in [6, 6.07) is 10.7. The highest BCUT2D eigenvalue weighted by Crippen LogP contribution is 2.22. The van der Waals surface area contributed by atoms with Crippen molar-refractivity contribution in [3.63, 3.8) is 0 Å². The number of amides is 1. The van der Waals surface area contributed by atoms with Crippen LogP contribution in [0.15, 0.2) is 42.5 Å². The van der Waals surface area contributed by atoms with E-state index in [4.69, 9.17) is 4.74 Å². The van der Waals surface area contributed by atoms with E-state index in [2.05, 4.69) is 5.32 Å². The average molecular weight is 362 g/mol. The van der Waals surface area contributed by atoms with Gasteiger partial charge in [0.15, 0.2) is 0 Å². The van der Waals surface area contributed by atoms with E-state index in [1.165, 1.54) is 0 Å². The smallest absolute Gasteiger partial charge is 0.234 e. The number of nitrogens with one attached hydrogen (secondary N) is 1. The molecule has 2 aromatic carbocycles. The van der Waals surface area contributed by atoms with Crippen LogP contribution in [0, 0.1) is 11.6 Å². The average Bonchev–Trinajstić information content (AvgIpc) is 2.62. The number of likely N-dealkylation sites (N-methyl/N-ethyl adjacent to an activating group) is 1. The number of hydrogen-bond donors (Lipinski definition) is 1. The predicted molar refractivity (Wildman–Crippen MR) is 96.4 cm³/mol. The molecule has 0 aromatic heterocycles. The quantitative estimate of drug-likeness (QED) is 0.782. The number of carbonyl (C=O) groups is 1. The SMILES string of the molecule is COCc1cccc(CNC(=O)CN(C)C(C)c2cc(F)ccc2F)c1. The summed E-state index contributed by atoms with van der Waals surface area (Å²) in [7, 11) is 3.33. The standard InChI is InChI=1S/C20H24F2N2O2/c1-14(18-10-17(21)7-8-19(18)22)24(2)12-20(25)23-11-15-5-4-6-16(9-15)13-26-3/h4-10,14H,11-13H2,1-3H3,(H,23,25). The Balaban J connectivity index is 1.90. The van der Waals surface area contributed by atoms with Crippen molar-refractivity contribution in [3.8, 4) is 0 Å². The highest BCUT2D eigenvalue weighted by Gasteiger charge is 2.18. The van der Waals surface area contributed by atoms with E-state index >= 15 is 0 Å². The molecule has 6 heteroatoms. The van der Waals surface area contributed by atoms with E-state index < -0.39 is 17.7 Å². The Morgan fingerprint density at radius 2 is 1.92 bits per heavy atom. The Bertz CT molecular complexity index is 752. The lowest BCUT2D eigenvalue weighted by Crippen LogP contribution is -2.36. The summed E-state index contributed by atoms with van der Waals surface area (Å²) in [5, 5.41) is 2.84. The third-order valence-electron chi connectivity index (χ3n) is 4.25. The summed E-state index contributed by atoms with van der Waals surface area (Å²) >= 11 is 0. The fourth-order valence-corrected chi connectivity index (χ4v) is 2.69. The van der Waals surface area contributed by atoms with Crippen molar-refractivity contribution >= 4 is 5.91 Å². The lowest BCUT2D eigenvalue weighted by molar-refractivity contribution is -0.122. The van der Waals surface area contributed by atoms with E-state index in [0.29, 0.717) is 13.2 Å². The molecule has 0 heterocycles. The minimum atomic E-state index is -0.498. The summed E-state index contributed by atoms with van der Waals surface area (Å²) in [5.41, 5.74) is 2.24. The molecule has 140 valence electrons. The number of ether oxygens (including phenoxy) is 1. The Morgan fingerprint density at radius 1 is 1.19 bits per heavy atom. The maximum Gasteiger partial charge on any atom is 0.234 e. The van der Waals surface area contributed by atoms with E-state index in [0.717, 1.165) is 29.3 Å². The fraction of sp³-hybridized carbons (Fsp3) is 0.350. The van der Waals surface area contributed by atoms with Crippen LogP contribution >= 0.6 is 0 Å². The number of halogens is 2. The van der Waals surface area contributed by atoms with Crippen molar-refractivity contribution in [1.29, 1.82) is 0 Å². The second-order valence-corrected chi connectivity index (χ2v) is 6.29. The maximum atomic E-state index is 13.9. The number of benzene rings is 2. The van der Waals surface area contributed by atoms with Gasteiger partial charge in [0, 0.05) is 25.3 Å². The summed E-state index contributed by atoms with van der Waals surface area (Å²) in [5.74, 6) is -1.17. The lowest BCUT2D eigenvalue weighted by Gasteiger charge is -2.25. The first kappa shape index (κ1) is 20.0. The molecular formula is C20H24F2N2O2. The predicted octanol–water partition coefficient (Wildman–Crippen LogP) is 3.42. The summed E-state index contributed by atoms with van der Waals surface area (Å²) in [4.78, 5) is 13.9. The van der Waals surface area contributed by atoms with Gasteiger partial charge in [0.1, 0.15) is 11.6 Å². The molecule has 0 saturated carbocycles. The monoisotopic (exact) mass is 362 g/mol. The minimum absolute atomic E-state index is 0.0783. The molecule has 0 aliphatic heterocycles. The second kappa shape index (κ2) is 9.40. The summed E-state index contributed by atoms with van der Waals surface area (Å²) in [6.07, 6.45) is 0. The highest BCUT2D eigenvalue weighted by molar-refractivity contribution is 5.78. The van der Waals surface area contributed by atoms with Gasteiger partial charge in [0.2, 0.25) is 5.91 Å². The number of methoxy groups -OCH3 is 1. The van der Waals surface area contributed by atoms with Crippen molar-refractivity contribution < 1.29 is 18.3 Å². The van der Waals surface area contributed by atoms with Gasteiger partial charge < -0.3 is 10.1 Å². The molecule has 4 nitrogen and oxygen atoms in total. The Morgan fingerprint density at radius 3 is 2.65 bits per heavy atom. The van der Waals surface area contributed by atoms with E-state index in [-0.39, 0.29) is 18.0 Å². The first-order valence-electron chi connectivity index (χ1n) is 8.39. The number of carbonyl (C=O) groups excluding carboxylic acids is 1. The van der Waals surface area contributed by atoms with Crippen LogP contribution in [-0.2, 0) is 22.7 Å². The summed E-state index contributed by atoms with van der Waals surface area (Å²) in [6.45, 7) is 2.72. The van der Waals surface area contributed by atoms with Gasteiger partial charge in [-0.1, -0.05) is 24.3 Å². The van der Waals surface area contributed by atoms with E-state index in [1.807, 2.05) is 24.3 Å². The first-order valence-corrected chi connectivity index (χ1v) is 8.39. The van der Waals surface area contributed by atoms with Gasteiger partial charge in [0.25, 0.3) is 0 Å². The Kier molecular flexibility index (Phi) is 7.24. The van der Waals surface area contributed by atoms with Gasteiger partial charge in [-0.15, -0.1) is 0 Å². The number of rotatable bonds is 8. The van der Waals surface area contributed by atoms with Gasteiger partial charge in [-0.25, -0.2) is 8.78 Å². The molecule has 1 unspecified atom stereocenters. The Hall–Kier alpha value is -2.31. The number of nitrogens with zero attached hydrogens (tertiary/aromatic N) is 1. The fourth-order valence-electron chi connectivity index (χ4n) is 2.69. The van der Waals surface area contributed by atoms with Crippen molar-refractivity contribution in [1.82, 2.24) is 10.2 Å². The van der Waals surface area contributed by atoms with Gasteiger partial charge >= 0.3 is 0 Å². The van der Waals surface area contributed by atoms with Crippen LogP contribution in [-0.4, -0.2) is 31.5 Å². The van der Waals surface area contributed by atoms with E-state index in [9.17, 15) is 13.6 Å². The normalized spacial score (nSPS) is 12.2. The maximum absolute atomic E-state index is 13.9. The van der Waals surface area contributed by atoms with Crippen LogP contribution < -0.4 is 5.32 Å². The molecule has 0 bridgehead atoms. The van der Waals surface area contributed by atoms with Crippen LogP contribution in [0.3, 0.4) is 0 Å². The molecule has 0 radical (unpaired) electrons. The van der Waals surface area contributed by atoms with Crippen molar-refractivity contribution in [2.45, 2.75) is 26.1 Å². The van der Waals surface area contributed by atoms with Crippen LogP contribution in [0.4, 0.5) is 8.78 Å². The zero-order valence-electron chi connectivity index (χ0n) is 15.3. The van der Waals surface area contributed by atoms with Crippen molar-refractivity contribution in [2.24, 2.45) is 0 Å². The zero-order chi connectivity index (χ0) is 19.1. The third kappa shape index (κ3) is 5.61. The molecule has 1 atom stereocenters. The van der Waals surface area contributed by atoms with Crippen LogP contribution in [0.2, 0.25) is 0 Å². The molecule has 0 aliphatic carbocycles. The molecule has 2 rings (SSSR count). The Labute approximate surface area is 152 Å². The third-order valence-corrected chi connectivity index (χ3v) is 4.25. The molecule has 0 spiro atoms. The number of hydrogen-bond acceptors (Lipinski definition) is 3. The van der Waals surface area contributed by atoms with Gasteiger partial charge in [-0.3, -0.25) is 9.69 Å². The second-order valence-electron chi connectivity index (χ2n) is 6.29. The zero-order valence-corrected chi connectivity index (χ0v) is 15.3.